The van der Waals surface area contributed by atoms with Crippen LogP contribution < -0.4 is 0 Å². The fourth-order valence-electron chi connectivity index (χ4n) is 1.82. The summed E-state index contributed by atoms with van der Waals surface area (Å²) in [7, 11) is 0. The average Bonchev–Trinajstić information content (AvgIpc) is 2.81. The monoisotopic (exact) mass is 238 g/mol. The van der Waals surface area contributed by atoms with E-state index in [9.17, 15) is 4.79 Å². The molecule has 4 nitrogen and oxygen atoms in total. The minimum Gasteiger partial charge on any atom is -0.478 e. The standard InChI is InChI=1S/C11H14N2O2S/c1-2-9-8(11(14)15)5-12-10(13-9)7-3-4-16-6-7/h5,7H,2-4,6H2,1H3,(H,14,15). The SMILES string of the molecule is CCc1nc(C2CCSC2)ncc1C(=O)O. The molecule has 0 amide bonds. The maximum absolute atomic E-state index is 10.9. The van der Waals surface area contributed by atoms with Crippen molar-refractivity contribution in [2.24, 2.45) is 0 Å². The predicted molar refractivity (Wildman–Crippen MR) is 63.1 cm³/mol. The number of nitrogens with zero attached hydrogens (tertiary/aromatic N) is 2. The number of thioether (sulfide) groups is 1. The van der Waals surface area contributed by atoms with E-state index in [1.165, 1.54) is 6.20 Å². The van der Waals surface area contributed by atoms with Crippen molar-refractivity contribution in [2.45, 2.75) is 25.7 Å². The quantitative estimate of drug-likeness (QED) is 0.872. The van der Waals surface area contributed by atoms with Gasteiger partial charge in [0, 0.05) is 17.9 Å². The van der Waals surface area contributed by atoms with Crippen LogP contribution in [-0.4, -0.2) is 32.5 Å². The van der Waals surface area contributed by atoms with Crippen molar-refractivity contribution in [2.75, 3.05) is 11.5 Å². The number of aromatic nitrogens is 2. The van der Waals surface area contributed by atoms with Crippen LogP contribution in [0.4, 0.5) is 0 Å². The summed E-state index contributed by atoms with van der Waals surface area (Å²) in [4.78, 5) is 19.5. The minimum atomic E-state index is -0.941. The molecule has 5 heteroatoms. The smallest absolute Gasteiger partial charge is 0.339 e. The lowest BCUT2D eigenvalue weighted by molar-refractivity contribution is 0.0694. The van der Waals surface area contributed by atoms with Crippen LogP contribution in [0.5, 0.6) is 0 Å². The molecule has 0 radical (unpaired) electrons. The van der Waals surface area contributed by atoms with Crippen molar-refractivity contribution in [1.82, 2.24) is 9.97 Å². The van der Waals surface area contributed by atoms with E-state index in [0.717, 1.165) is 23.8 Å². The molecule has 0 saturated carbocycles. The molecule has 0 spiro atoms. The van der Waals surface area contributed by atoms with E-state index < -0.39 is 5.97 Å². The van der Waals surface area contributed by atoms with Gasteiger partial charge in [0.2, 0.25) is 0 Å². The third-order valence-electron chi connectivity index (χ3n) is 2.75. The van der Waals surface area contributed by atoms with Crippen LogP contribution in [0.3, 0.4) is 0 Å². The Morgan fingerprint density at radius 3 is 3.06 bits per heavy atom. The average molecular weight is 238 g/mol. The summed E-state index contributed by atoms with van der Waals surface area (Å²) in [6.07, 6.45) is 3.18. The van der Waals surface area contributed by atoms with E-state index in [1.807, 2.05) is 18.7 Å². The third-order valence-corrected chi connectivity index (χ3v) is 3.91. The summed E-state index contributed by atoms with van der Waals surface area (Å²) in [5, 5.41) is 8.97. The molecule has 1 aliphatic rings. The number of carboxylic acids is 1. The molecule has 1 fully saturated rings. The summed E-state index contributed by atoms with van der Waals surface area (Å²) in [6.45, 7) is 1.92. The first-order valence-electron chi connectivity index (χ1n) is 5.39. The van der Waals surface area contributed by atoms with E-state index in [2.05, 4.69) is 9.97 Å². The Bertz CT molecular complexity index is 403. The Kier molecular flexibility index (Phi) is 3.43. The molecule has 2 rings (SSSR count). The second-order valence-corrected chi connectivity index (χ2v) is 4.96. The van der Waals surface area contributed by atoms with Crippen LogP contribution in [0.1, 0.15) is 41.1 Å². The summed E-state index contributed by atoms with van der Waals surface area (Å²) in [6, 6.07) is 0. The van der Waals surface area contributed by atoms with Crippen LogP contribution in [0.15, 0.2) is 6.20 Å². The number of aromatic carboxylic acids is 1. The molecular weight excluding hydrogens is 224 g/mol. The second kappa shape index (κ2) is 4.82. The molecule has 1 atom stereocenters. The number of aryl methyl sites for hydroxylation is 1. The van der Waals surface area contributed by atoms with Crippen molar-refractivity contribution in [3.05, 3.63) is 23.3 Å². The van der Waals surface area contributed by atoms with E-state index in [0.29, 0.717) is 18.0 Å². The molecule has 16 heavy (non-hydrogen) atoms. The zero-order chi connectivity index (χ0) is 11.5. The van der Waals surface area contributed by atoms with Crippen LogP contribution in [0.2, 0.25) is 0 Å². The lowest BCUT2D eigenvalue weighted by atomic mass is 10.1. The molecule has 1 aromatic rings. The largest absolute Gasteiger partial charge is 0.478 e. The van der Waals surface area contributed by atoms with Crippen molar-refractivity contribution in [1.29, 1.82) is 0 Å². The van der Waals surface area contributed by atoms with Gasteiger partial charge in [-0.3, -0.25) is 0 Å². The molecule has 0 bridgehead atoms. The van der Waals surface area contributed by atoms with Gasteiger partial charge in [0.05, 0.1) is 11.3 Å². The number of hydrogen-bond acceptors (Lipinski definition) is 4. The van der Waals surface area contributed by atoms with Gasteiger partial charge in [-0.05, 0) is 18.6 Å². The Morgan fingerprint density at radius 2 is 2.50 bits per heavy atom. The van der Waals surface area contributed by atoms with Crippen molar-refractivity contribution in [3.8, 4) is 0 Å². The van der Waals surface area contributed by atoms with E-state index in [4.69, 9.17) is 5.11 Å². The fraction of sp³-hybridized carbons (Fsp3) is 0.545. The van der Waals surface area contributed by atoms with Gasteiger partial charge in [-0.25, -0.2) is 14.8 Å². The lowest BCUT2D eigenvalue weighted by Gasteiger charge is -2.09. The van der Waals surface area contributed by atoms with Crippen LogP contribution in [0, 0.1) is 0 Å². The molecule has 1 aliphatic heterocycles. The first kappa shape index (κ1) is 11.4. The number of carboxylic acid groups (broad SMARTS) is 1. The van der Waals surface area contributed by atoms with Crippen molar-refractivity contribution < 1.29 is 9.90 Å². The molecule has 0 aliphatic carbocycles. The van der Waals surface area contributed by atoms with E-state index in [1.54, 1.807) is 0 Å². The van der Waals surface area contributed by atoms with Gasteiger partial charge in [0.15, 0.2) is 0 Å². The summed E-state index contributed by atoms with van der Waals surface area (Å²) >= 11 is 1.90. The molecule has 86 valence electrons. The zero-order valence-corrected chi connectivity index (χ0v) is 9.96. The molecule has 1 saturated heterocycles. The second-order valence-electron chi connectivity index (χ2n) is 3.81. The molecule has 0 aromatic carbocycles. The zero-order valence-electron chi connectivity index (χ0n) is 9.14. The highest BCUT2D eigenvalue weighted by atomic mass is 32.2. The molecule has 1 aromatic heterocycles. The summed E-state index contributed by atoms with van der Waals surface area (Å²) < 4.78 is 0. The lowest BCUT2D eigenvalue weighted by Crippen LogP contribution is -2.11. The number of hydrogen-bond donors (Lipinski definition) is 1. The van der Waals surface area contributed by atoms with Crippen LogP contribution in [-0.2, 0) is 6.42 Å². The van der Waals surface area contributed by atoms with Gasteiger partial charge in [-0.2, -0.15) is 11.8 Å². The van der Waals surface area contributed by atoms with Gasteiger partial charge in [0.25, 0.3) is 0 Å². The molecule has 2 heterocycles. The Labute approximate surface area is 98.5 Å². The van der Waals surface area contributed by atoms with Gasteiger partial charge in [0.1, 0.15) is 5.82 Å². The molecular formula is C11H14N2O2S. The summed E-state index contributed by atoms with van der Waals surface area (Å²) in [5.74, 6) is 2.47. The van der Waals surface area contributed by atoms with Gasteiger partial charge in [-0.1, -0.05) is 6.92 Å². The highest BCUT2D eigenvalue weighted by molar-refractivity contribution is 7.99. The highest BCUT2D eigenvalue weighted by Gasteiger charge is 2.22. The van der Waals surface area contributed by atoms with E-state index in [-0.39, 0.29) is 5.56 Å². The first-order valence-corrected chi connectivity index (χ1v) is 6.54. The Balaban J connectivity index is 2.32. The van der Waals surface area contributed by atoms with Crippen LogP contribution >= 0.6 is 11.8 Å². The Hall–Kier alpha value is -1.10. The third kappa shape index (κ3) is 2.19. The van der Waals surface area contributed by atoms with Crippen LogP contribution in [0.25, 0.3) is 0 Å². The molecule has 1 N–H and O–H groups in total. The van der Waals surface area contributed by atoms with Crippen molar-refractivity contribution in [3.63, 3.8) is 0 Å². The number of carbonyl (C=O) groups is 1. The molecule has 1 unspecified atom stereocenters. The normalized spacial score (nSPS) is 19.9. The summed E-state index contributed by atoms with van der Waals surface area (Å²) in [5.41, 5.74) is 0.881. The maximum Gasteiger partial charge on any atom is 0.339 e. The first-order chi connectivity index (χ1) is 7.72. The topological polar surface area (TPSA) is 63.1 Å². The minimum absolute atomic E-state index is 0.233. The maximum atomic E-state index is 10.9. The van der Waals surface area contributed by atoms with Gasteiger partial charge < -0.3 is 5.11 Å². The van der Waals surface area contributed by atoms with E-state index >= 15 is 0 Å². The van der Waals surface area contributed by atoms with Gasteiger partial charge >= 0.3 is 5.97 Å². The van der Waals surface area contributed by atoms with Crippen molar-refractivity contribution >= 4 is 17.7 Å². The number of rotatable bonds is 3. The van der Waals surface area contributed by atoms with Gasteiger partial charge in [-0.15, -0.1) is 0 Å². The Morgan fingerprint density at radius 1 is 1.69 bits per heavy atom. The highest BCUT2D eigenvalue weighted by Crippen LogP contribution is 2.30. The fourth-order valence-corrected chi connectivity index (χ4v) is 3.03. The predicted octanol–water partition coefficient (Wildman–Crippen LogP) is 1.96.